The average Bonchev–Trinajstić information content (AvgIpc) is 2.51. The summed E-state index contributed by atoms with van der Waals surface area (Å²) in [6, 6.07) is 8.26. The molecule has 0 aliphatic rings. The predicted molar refractivity (Wildman–Crippen MR) is 86.4 cm³/mol. The maximum absolute atomic E-state index is 11.7. The molecule has 116 valence electrons. The first-order chi connectivity index (χ1) is 10.1. The normalized spacial score (nSPS) is 13.3. The minimum atomic E-state index is -0.522. The standard InChI is InChI=1S/C17H26N2O2/c1-5-12-19-17(20)13(4)21-15-10-8-14(9-11-15)16(6-2)18-7-3/h5,8-11,13,16,18H,1,6-7,12H2,2-4H3,(H,19,20). The van der Waals surface area contributed by atoms with Crippen molar-refractivity contribution in [2.45, 2.75) is 39.3 Å². The predicted octanol–water partition coefficient (Wildman–Crippen LogP) is 2.82. The number of rotatable bonds is 9. The van der Waals surface area contributed by atoms with Crippen molar-refractivity contribution in [1.82, 2.24) is 10.6 Å². The maximum atomic E-state index is 11.7. The van der Waals surface area contributed by atoms with Crippen molar-refractivity contribution in [3.63, 3.8) is 0 Å². The highest BCUT2D eigenvalue weighted by atomic mass is 16.5. The highest BCUT2D eigenvalue weighted by molar-refractivity contribution is 5.80. The van der Waals surface area contributed by atoms with Crippen molar-refractivity contribution >= 4 is 5.91 Å². The van der Waals surface area contributed by atoms with Crippen LogP contribution < -0.4 is 15.4 Å². The molecule has 0 radical (unpaired) electrons. The number of amides is 1. The van der Waals surface area contributed by atoms with Crippen LogP contribution >= 0.6 is 0 Å². The third-order valence-electron chi connectivity index (χ3n) is 3.24. The zero-order valence-electron chi connectivity index (χ0n) is 13.2. The molecule has 2 unspecified atom stereocenters. The van der Waals surface area contributed by atoms with Gasteiger partial charge in [-0.2, -0.15) is 0 Å². The number of hydrogen-bond acceptors (Lipinski definition) is 3. The maximum Gasteiger partial charge on any atom is 0.261 e. The molecule has 1 amide bonds. The van der Waals surface area contributed by atoms with E-state index in [1.54, 1.807) is 13.0 Å². The molecule has 1 aromatic carbocycles. The first-order valence-electron chi connectivity index (χ1n) is 7.50. The van der Waals surface area contributed by atoms with Gasteiger partial charge in [0, 0.05) is 12.6 Å². The Morgan fingerprint density at radius 3 is 2.52 bits per heavy atom. The van der Waals surface area contributed by atoms with Crippen molar-refractivity contribution in [2.75, 3.05) is 13.1 Å². The number of hydrogen-bond donors (Lipinski definition) is 2. The average molecular weight is 290 g/mol. The van der Waals surface area contributed by atoms with Gasteiger partial charge in [-0.1, -0.05) is 32.1 Å². The Bertz CT molecular complexity index is 443. The van der Waals surface area contributed by atoms with Crippen molar-refractivity contribution in [2.24, 2.45) is 0 Å². The van der Waals surface area contributed by atoms with Crippen LogP contribution in [0, 0.1) is 0 Å². The fraction of sp³-hybridized carbons (Fsp3) is 0.471. The molecule has 0 fully saturated rings. The van der Waals surface area contributed by atoms with E-state index in [0.29, 0.717) is 18.3 Å². The molecular formula is C17H26N2O2. The van der Waals surface area contributed by atoms with Crippen LogP contribution in [0.25, 0.3) is 0 Å². The molecule has 1 rings (SSSR count). The number of carbonyl (C=O) groups is 1. The summed E-state index contributed by atoms with van der Waals surface area (Å²) < 4.78 is 5.63. The van der Waals surface area contributed by atoms with E-state index in [1.807, 2.05) is 24.3 Å². The number of nitrogens with one attached hydrogen (secondary N) is 2. The van der Waals surface area contributed by atoms with Crippen molar-refractivity contribution < 1.29 is 9.53 Å². The summed E-state index contributed by atoms with van der Waals surface area (Å²) >= 11 is 0. The molecule has 1 aromatic rings. The lowest BCUT2D eigenvalue weighted by Gasteiger charge is -2.18. The van der Waals surface area contributed by atoms with Crippen LogP contribution in [0.1, 0.15) is 38.8 Å². The molecule has 21 heavy (non-hydrogen) atoms. The van der Waals surface area contributed by atoms with Gasteiger partial charge in [0.2, 0.25) is 0 Å². The van der Waals surface area contributed by atoms with Crippen molar-refractivity contribution in [3.8, 4) is 5.75 Å². The van der Waals surface area contributed by atoms with E-state index in [2.05, 4.69) is 31.1 Å². The van der Waals surface area contributed by atoms with E-state index in [4.69, 9.17) is 4.74 Å². The van der Waals surface area contributed by atoms with Gasteiger partial charge in [0.15, 0.2) is 6.10 Å². The minimum Gasteiger partial charge on any atom is -0.481 e. The second-order valence-corrected chi connectivity index (χ2v) is 4.88. The summed E-state index contributed by atoms with van der Waals surface area (Å²) in [6.07, 6.45) is 2.16. The molecule has 0 bridgehead atoms. The van der Waals surface area contributed by atoms with Crippen LogP contribution in [0.4, 0.5) is 0 Å². The van der Waals surface area contributed by atoms with Crippen LogP contribution in [-0.4, -0.2) is 25.1 Å². The zero-order chi connectivity index (χ0) is 15.7. The van der Waals surface area contributed by atoms with Crippen LogP contribution in [0.5, 0.6) is 5.75 Å². The molecule has 0 spiro atoms. The Kier molecular flexibility index (Phi) is 7.54. The van der Waals surface area contributed by atoms with Gasteiger partial charge in [0.05, 0.1) is 0 Å². The van der Waals surface area contributed by atoms with Gasteiger partial charge in [0.25, 0.3) is 5.91 Å². The van der Waals surface area contributed by atoms with Gasteiger partial charge >= 0.3 is 0 Å². The van der Waals surface area contributed by atoms with Crippen molar-refractivity contribution in [3.05, 3.63) is 42.5 Å². The smallest absolute Gasteiger partial charge is 0.261 e. The molecule has 2 atom stereocenters. The second kappa shape index (κ2) is 9.19. The van der Waals surface area contributed by atoms with Crippen molar-refractivity contribution in [1.29, 1.82) is 0 Å². The highest BCUT2D eigenvalue weighted by Gasteiger charge is 2.14. The Morgan fingerprint density at radius 2 is 2.00 bits per heavy atom. The topological polar surface area (TPSA) is 50.4 Å². The third kappa shape index (κ3) is 5.60. The number of carbonyl (C=O) groups excluding carboxylic acids is 1. The monoisotopic (exact) mass is 290 g/mol. The van der Waals surface area contributed by atoms with Gasteiger partial charge in [-0.15, -0.1) is 6.58 Å². The Balaban J connectivity index is 2.61. The molecule has 0 saturated carbocycles. The summed E-state index contributed by atoms with van der Waals surface area (Å²) in [4.78, 5) is 11.7. The molecular weight excluding hydrogens is 264 g/mol. The van der Waals surface area contributed by atoms with E-state index in [1.165, 1.54) is 5.56 Å². The highest BCUT2D eigenvalue weighted by Crippen LogP contribution is 2.20. The van der Waals surface area contributed by atoms with Gasteiger partial charge < -0.3 is 15.4 Å². The van der Waals surface area contributed by atoms with Crippen LogP contribution in [-0.2, 0) is 4.79 Å². The van der Waals surface area contributed by atoms with Crippen LogP contribution in [0.3, 0.4) is 0 Å². The SMILES string of the molecule is C=CCNC(=O)C(C)Oc1ccc(C(CC)NCC)cc1. The molecule has 0 aromatic heterocycles. The molecule has 4 nitrogen and oxygen atoms in total. The fourth-order valence-electron chi connectivity index (χ4n) is 2.10. The molecule has 0 heterocycles. The van der Waals surface area contributed by atoms with Gasteiger partial charge in [-0.25, -0.2) is 0 Å². The minimum absolute atomic E-state index is 0.141. The van der Waals surface area contributed by atoms with E-state index in [9.17, 15) is 4.79 Å². The molecule has 0 saturated heterocycles. The summed E-state index contributed by atoms with van der Waals surface area (Å²) in [5.41, 5.74) is 1.23. The lowest BCUT2D eigenvalue weighted by Crippen LogP contribution is -2.36. The van der Waals surface area contributed by atoms with E-state index in [0.717, 1.165) is 13.0 Å². The van der Waals surface area contributed by atoms with Gasteiger partial charge in [0.1, 0.15) is 5.75 Å². The van der Waals surface area contributed by atoms with E-state index >= 15 is 0 Å². The fourth-order valence-corrected chi connectivity index (χ4v) is 2.10. The van der Waals surface area contributed by atoms with Gasteiger partial charge in [-0.3, -0.25) is 4.79 Å². The Morgan fingerprint density at radius 1 is 1.33 bits per heavy atom. The zero-order valence-corrected chi connectivity index (χ0v) is 13.2. The molecule has 2 N–H and O–H groups in total. The first-order valence-corrected chi connectivity index (χ1v) is 7.50. The Hall–Kier alpha value is -1.81. The largest absolute Gasteiger partial charge is 0.481 e. The summed E-state index contributed by atoms with van der Waals surface area (Å²) in [5, 5.41) is 6.15. The van der Waals surface area contributed by atoms with Gasteiger partial charge in [-0.05, 0) is 37.6 Å². The van der Waals surface area contributed by atoms with Crippen LogP contribution in [0.2, 0.25) is 0 Å². The summed E-state index contributed by atoms with van der Waals surface area (Å²) in [5.74, 6) is 0.560. The number of benzene rings is 1. The summed E-state index contributed by atoms with van der Waals surface area (Å²) in [7, 11) is 0. The molecule has 0 aliphatic heterocycles. The number of ether oxygens (including phenoxy) is 1. The lowest BCUT2D eigenvalue weighted by molar-refractivity contribution is -0.127. The quantitative estimate of drug-likeness (QED) is 0.688. The van der Waals surface area contributed by atoms with Crippen LogP contribution in [0.15, 0.2) is 36.9 Å². The van der Waals surface area contributed by atoms with E-state index in [-0.39, 0.29) is 5.91 Å². The first kappa shape index (κ1) is 17.2. The summed E-state index contributed by atoms with van der Waals surface area (Å²) in [6.45, 7) is 10.9. The third-order valence-corrected chi connectivity index (χ3v) is 3.24. The Labute approximate surface area is 127 Å². The molecule has 0 aliphatic carbocycles. The lowest BCUT2D eigenvalue weighted by atomic mass is 10.0. The van der Waals surface area contributed by atoms with E-state index < -0.39 is 6.10 Å². The molecule has 4 heteroatoms. The second-order valence-electron chi connectivity index (χ2n) is 4.88.